The zero-order valence-electron chi connectivity index (χ0n) is 8.32. The lowest BCUT2D eigenvalue weighted by Crippen LogP contribution is -2.29. The van der Waals surface area contributed by atoms with Crippen molar-refractivity contribution in [3.63, 3.8) is 0 Å². The summed E-state index contributed by atoms with van der Waals surface area (Å²) >= 11 is 1.75. The SMILES string of the molecule is CNC(Cc1ccsc1)C1=CCCO1. The van der Waals surface area contributed by atoms with Crippen LogP contribution >= 0.6 is 11.3 Å². The molecule has 0 saturated heterocycles. The number of thiophene rings is 1. The molecule has 1 unspecified atom stereocenters. The smallest absolute Gasteiger partial charge is 0.109 e. The van der Waals surface area contributed by atoms with Crippen LogP contribution in [0.4, 0.5) is 0 Å². The van der Waals surface area contributed by atoms with Crippen molar-refractivity contribution in [3.8, 4) is 0 Å². The minimum atomic E-state index is 0.340. The molecule has 0 spiro atoms. The molecule has 0 saturated carbocycles. The van der Waals surface area contributed by atoms with Crippen LogP contribution in [-0.2, 0) is 11.2 Å². The van der Waals surface area contributed by atoms with E-state index in [-0.39, 0.29) is 0 Å². The van der Waals surface area contributed by atoms with Crippen LogP contribution in [0.25, 0.3) is 0 Å². The van der Waals surface area contributed by atoms with Gasteiger partial charge in [-0.05, 0) is 41.9 Å². The molecular weight excluding hydrogens is 194 g/mol. The molecule has 0 fully saturated rings. The molecule has 1 aromatic rings. The van der Waals surface area contributed by atoms with Crippen LogP contribution < -0.4 is 5.32 Å². The van der Waals surface area contributed by atoms with Crippen molar-refractivity contribution in [1.82, 2.24) is 5.32 Å². The Morgan fingerprint density at radius 1 is 1.64 bits per heavy atom. The number of rotatable bonds is 4. The Hall–Kier alpha value is -0.800. The summed E-state index contributed by atoms with van der Waals surface area (Å²) in [5.41, 5.74) is 1.38. The van der Waals surface area contributed by atoms with Crippen LogP contribution in [0.2, 0.25) is 0 Å². The number of hydrogen-bond acceptors (Lipinski definition) is 3. The highest BCUT2D eigenvalue weighted by Crippen LogP contribution is 2.18. The lowest BCUT2D eigenvalue weighted by Gasteiger charge is -2.16. The molecule has 1 aromatic heterocycles. The molecule has 2 heterocycles. The van der Waals surface area contributed by atoms with E-state index in [1.807, 2.05) is 7.05 Å². The molecule has 0 amide bonds. The maximum atomic E-state index is 5.56. The Balaban J connectivity index is 1.99. The third-order valence-corrected chi connectivity index (χ3v) is 3.18. The predicted octanol–water partition coefficient (Wildman–Crippen LogP) is 2.18. The fraction of sp³-hybridized carbons (Fsp3) is 0.455. The molecule has 1 N–H and O–H groups in total. The van der Waals surface area contributed by atoms with Crippen molar-refractivity contribution in [2.75, 3.05) is 13.7 Å². The van der Waals surface area contributed by atoms with E-state index in [9.17, 15) is 0 Å². The summed E-state index contributed by atoms with van der Waals surface area (Å²) in [4.78, 5) is 0. The Labute approximate surface area is 88.6 Å². The molecule has 1 aliphatic heterocycles. The first kappa shape index (κ1) is 9.74. The highest BCUT2D eigenvalue weighted by Gasteiger charge is 2.17. The van der Waals surface area contributed by atoms with Gasteiger partial charge in [0.25, 0.3) is 0 Å². The Morgan fingerprint density at radius 3 is 3.14 bits per heavy atom. The maximum absolute atomic E-state index is 5.56. The van der Waals surface area contributed by atoms with Gasteiger partial charge in [0.05, 0.1) is 12.6 Å². The second kappa shape index (κ2) is 4.62. The first-order valence-corrected chi connectivity index (χ1v) is 5.85. The predicted molar refractivity (Wildman–Crippen MR) is 59.5 cm³/mol. The first-order valence-electron chi connectivity index (χ1n) is 4.91. The van der Waals surface area contributed by atoms with Crippen LogP contribution in [0.1, 0.15) is 12.0 Å². The lowest BCUT2D eigenvalue weighted by molar-refractivity contribution is 0.217. The van der Waals surface area contributed by atoms with Crippen molar-refractivity contribution in [2.24, 2.45) is 0 Å². The Morgan fingerprint density at radius 2 is 2.57 bits per heavy atom. The first-order chi connectivity index (χ1) is 6.90. The van der Waals surface area contributed by atoms with Crippen molar-refractivity contribution < 1.29 is 4.74 Å². The molecule has 2 rings (SSSR count). The summed E-state index contributed by atoms with van der Waals surface area (Å²) in [5.74, 6) is 1.11. The van der Waals surface area contributed by atoms with E-state index in [2.05, 4.69) is 28.2 Å². The van der Waals surface area contributed by atoms with Gasteiger partial charge in [0.1, 0.15) is 5.76 Å². The van der Waals surface area contributed by atoms with Gasteiger partial charge in [0.2, 0.25) is 0 Å². The summed E-state index contributed by atoms with van der Waals surface area (Å²) in [6.07, 6.45) is 4.26. The minimum Gasteiger partial charge on any atom is -0.496 e. The van der Waals surface area contributed by atoms with Gasteiger partial charge >= 0.3 is 0 Å². The molecule has 2 nitrogen and oxygen atoms in total. The van der Waals surface area contributed by atoms with Gasteiger partial charge in [-0.25, -0.2) is 0 Å². The quantitative estimate of drug-likeness (QED) is 0.820. The molecule has 0 aliphatic carbocycles. The fourth-order valence-corrected chi connectivity index (χ4v) is 2.35. The largest absolute Gasteiger partial charge is 0.496 e. The second-order valence-corrected chi connectivity index (χ2v) is 4.20. The minimum absolute atomic E-state index is 0.340. The Kier molecular flexibility index (Phi) is 3.22. The van der Waals surface area contributed by atoms with E-state index in [1.165, 1.54) is 5.56 Å². The number of hydrogen-bond donors (Lipinski definition) is 1. The van der Waals surface area contributed by atoms with Gasteiger partial charge in [-0.3, -0.25) is 0 Å². The number of likely N-dealkylation sites (N-methyl/N-ethyl adjacent to an activating group) is 1. The molecule has 0 bridgehead atoms. The Bertz CT molecular complexity index is 305. The monoisotopic (exact) mass is 209 g/mol. The molecule has 0 aromatic carbocycles. The highest BCUT2D eigenvalue weighted by molar-refractivity contribution is 7.07. The van der Waals surface area contributed by atoms with Crippen molar-refractivity contribution in [2.45, 2.75) is 18.9 Å². The van der Waals surface area contributed by atoms with E-state index >= 15 is 0 Å². The fourth-order valence-electron chi connectivity index (χ4n) is 1.67. The highest BCUT2D eigenvalue weighted by atomic mass is 32.1. The molecule has 14 heavy (non-hydrogen) atoms. The molecule has 1 aliphatic rings. The van der Waals surface area contributed by atoms with Gasteiger partial charge in [0.15, 0.2) is 0 Å². The zero-order chi connectivity index (χ0) is 9.80. The van der Waals surface area contributed by atoms with E-state index < -0.39 is 0 Å². The third-order valence-electron chi connectivity index (χ3n) is 2.44. The van der Waals surface area contributed by atoms with Crippen LogP contribution in [0.15, 0.2) is 28.7 Å². The average molecular weight is 209 g/mol. The van der Waals surface area contributed by atoms with E-state index in [1.54, 1.807) is 11.3 Å². The standard InChI is InChI=1S/C11H15NOS/c1-12-10(11-3-2-5-13-11)7-9-4-6-14-8-9/h3-4,6,8,10,12H,2,5,7H2,1H3. The van der Waals surface area contributed by atoms with Crippen molar-refractivity contribution in [1.29, 1.82) is 0 Å². The summed E-state index contributed by atoms with van der Waals surface area (Å²) in [6, 6.07) is 2.51. The van der Waals surface area contributed by atoms with Crippen LogP contribution in [0.3, 0.4) is 0 Å². The summed E-state index contributed by atoms with van der Waals surface area (Å²) < 4.78 is 5.56. The molecule has 0 radical (unpaired) electrons. The number of ether oxygens (including phenoxy) is 1. The van der Waals surface area contributed by atoms with Crippen molar-refractivity contribution >= 4 is 11.3 Å². The molecule has 76 valence electrons. The van der Waals surface area contributed by atoms with Crippen LogP contribution in [-0.4, -0.2) is 19.7 Å². The van der Waals surface area contributed by atoms with Gasteiger partial charge in [-0.15, -0.1) is 0 Å². The topological polar surface area (TPSA) is 21.3 Å². The number of nitrogens with one attached hydrogen (secondary N) is 1. The van der Waals surface area contributed by atoms with Gasteiger partial charge in [-0.2, -0.15) is 11.3 Å². The van der Waals surface area contributed by atoms with Gasteiger partial charge < -0.3 is 10.1 Å². The average Bonchev–Trinajstić information content (AvgIpc) is 2.86. The lowest BCUT2D eigenvalue weighted by atomic mass is 10.1. The van der Waals surface area contributed by atoms with Crippen LogP contribution in [0, 0.1) is 0 Å². The normalized spacial score (nSPS) is 17.6. The zero-order valence-corrected chi connectivity index (χ0v) is 9.14. The van der Waals surface area contributed by atoms with Crippen LogP contribution in [0.5, 0.6) is 0 Å². The van der Waals surface area contributed by atoms with E-state index in [0.717, 1.165) is 25.2 Å². The molecular formula is C11H15NOS. The van der Waals surface area contributed by atoms with E-state index in [0.29, 0.717) is 6.04 Å². The molecule has 3 heteroatoms. The van der Waals surface area contributed by atoms with Gasteiger partial charge in [0, 0.05) is 6.42 Å². The third kappa shape index (κ3) is 2.16. The van der Waals surface area contributed by atoms with E-state index in [4.69, 9.17) is 4.74 Å². The summed E-state index contributed by atoms with van der Waals surface area (Å²) in [5, 5.41) is 7.60. The van der Waals surface area contributed by atoms with Crippen molar-refractivity contribution in [3.05, 3.63) is 34.2 Å². The maximum Gasteiger partial charge on any atom is 0.109 e. The molecule has 1 atom stereocenters. The summed E-state index contributed by atoms with van der Waals surface area (Å²) in [6.45, 7) is 0.844. The summed E-state index contributed by atoms with van der Waals surface area (Å²) in [7, 11) is 1.99. The second-order valence-electron chi connectivity index (χ2n) is 3.42. The van der Waals surface area contributed by atoms with Gasteiger partial charge in [-0.1, -0.05) is 0 Å².